The summed E-state index contributed by atoms with van der Waals surface area (Å²) in [7, 11) is 4.06. The Morgan fingerprint density at radius 2 is 2.00 bits per heavy atom. The summed E-state index contributed by atoms with van der Waals surface area (Å²) in [5.41, 5.74) is 3.85. The van der Waals surface area contributed by atoms with Crippen LogP contribution in [0.1, 0.15) is 18.0 Å². The average molecular weight is 262 g/mol. The number of halogens is 2. The van der Waals surface area contributed by atoms with E-state index in [0.29, 0.717) is 10.0 Å². The highest BCUT2D eigenvalue weighted by molar-refractivity contribution is 6.42. The van der Waals surface area contributed by atoms with E-state index in [1.54, 1.807) is 6.07 Å². The van der Waals surface area contributed by atoms with Gasteiger partial charge in [-0.2, -0.15) is 0 Å². The first-order chi connectivity index (χ1) is 7.54. The third-order valence-electron chi connectivity index (χ3n) is 2.41. The Hall–Kier alpha value is -0.320. The minimum atomic E-state index is 0.0946. The van der Waals surface area contributed by atoms with Crippen LogP contribution in [-0.4, -0.2) is 25.5 Å². The molecule has 0 bridgehead atoms. The second-order valence-corrected chi connectivity index (χ2v) is 4.80. The van der Waals surface area contributed by atoms with Gasteiger partial charge < -0.3 is 4.90 Å². The zero-order chi connectivity index (χ0) is 12.1. The second kappa shape index (κ2) is 6.42. The van der Waals surface area contributed by atoms with Gasteiger partial charge in [-0.1, -0.05) is 29.3 Å². The fourth-order valence-corrected chi connectivity index (χ4v) is 1.77. The van der Waals surface area contributed by atoms with Gasteiger partial charge in [-0.05, 0) is 44.8 Å². The Labute approximate surface area is 106 Å². The molecule has 16 heavy (non-hydrogen) atoms. The van der Waals surface area contributed by atoms with Crippen molar-refractivity contribution in [3.8, 4) is 0 Å². The van der Waals surface area contributed by atoms with E-state index in [9.17, 15) is 0 Å². The lowest BCUT2D eigenvalue weighted by molar-refractivity contribution is 0.363. The summed E-state index contributed by atoms with van der Waals surface area (Å²) >= 11 is 11.8. The van der Waals surface area contributed by atoms with Gasteiger partial charge in [-0.25, -0.2) is 0 Å². The van der Waals surface area contributed by atoms with E-state index in [2.05, 4.69) is 10.3 Å². The second-order valence-electron chi connectivity index (χ2n) is 3.98. The van der Waals surface area contributed by atoms with Gasteiger partial charge >= 0.3 is 0 Å². The molecule has 0 amide bonds. The summed E-state index contributed by atoms with van der Waals surface area (Å²) < 4.78 is 0. The summed E-state index contributed by atoms with van der Waals surface area (Å²) in [5, 5.41) is 1.12. The molecule has 3 nitrogen and oxygen atoms in total. The molecular formula is C11H17Cl2N3. The molecule has 1 aromatic carbocycles. The predicted molar refractivity (Wildman–Crippen MR) is 69.7 cm³/mol. The lowest BCUT2D eigenvalue weighted by Gasteiger charge is -2.19. The monoisotopic (exact) mass is 261 g/mol. The highest BCUT2D eigenvalue weighted by Gasteiger charge is 2.11. The molecule has 0 aliphatic heterocycles. The molecule has 1 unspecified atom stereocenters. The normalized spacial score (nSPS) is 13.1. The molecule has 3 N–H and O–H groups in total. The summed E-state index contributed by atoms with van der Waals surface area (Å²) in [6, 6.07) is 5.68. The van der Waals surface area contributed by atoms with Crippen LogP contribution in [0.4, 0.5) is 0 Å². The Kier molecular flexibility index (Phi) is 5.52. The maximum atomic E-state index is 5.97. The topological polar surface area (TPSA) is 41.3 Å². The van der Waals surface area contributed by atoms with Crippen molar-refractivity contribution in [2.75, 3.05) is 20.6 Å². The highest BCUT2D eigenvalue weighted by atomic mass is 35.5. The minimum absolute atomic E-state index is 0.0946. The zero-order valence-corrected chi connectivity index (χ0v) is 11.0. The number of nitrogens with one attached hydrogen (secondary N) is 1. The maximum absolute atomic E-state index is 5.97. The number of hydrogen-bond acceptors (Lipinski definition) is 3. The third kappa shape index (κ3) is 3.92. The van der Waals surface area contributed by atoms with E-state index < -0.39 is 0 Å². The first kappa shape index (κ1) is 13.7. The molecule has 90 valence electrons. The number of hydrogen-bond donors (Lipinski definition) is 2. The van der Waals surface area contributed by atoms with Crippen LogP contribution in [0.2, 0.25) is 10.0 Å². The number of nitrogens with zero attached hydrogens (tertiary/aromatic N) is 1. The fourth-order valence-electron chi connectivity index (χ4n) is 1.46. The van der Waals surface area contributed by atoms with Crippen molar-refractivity contribution in [1.29, 1.82) is 0 Å². The number of benzene rings is 1. The van der Waals surface area contributed by atoms with Crippen LogP contribution in [0.25, 0.3) is 0 Å². The first-order valence-corrected chi connectivity index (χ1v) is 5.86. The van der Waals surface area contributed by atoms with Crippen molar-refractivity contribution < 1.29 is 0 Å². The average Bonchev–Trinajstić information content (AvgIpc) is 2.23. The summed E-state index contributed by atoms with van der Waals surface area (Å²) in [5.74, 6) is 5.53. The van der Waals surface area contributed by atoms with E-state index in [4.69, 9.17) is 29.0 Å². The molecule has 0 spiro atoms. The molecule has 1 rings (SSSR count). The van der Waals surface area contributed by atoms with Crippen molar-refractivity contribution in [3.63, 3.8) is 0 Å². The Morgan fingerprint density at radius 3 is 2.50 bits per heavy atom. The van der Waals surface area contributed by atoms with Crippen molar-refractivity contribution in [2.45, 2.75) is 12.5 Å². The molecule has 0 aliphatic rings. The van der Waals surface area contributed by atoms with Gasteiger partial charge in [0.2, 0.25) is 0 Å². The molecule has 0 radical (unpaired) electrons. The lowest BCUT2D eigenvalue weighted by Crippen LogP contribution is -2.30. The maximum Gasteiger partial charge on any atom is 0.0595 e. The van der Waals surface area contributed by atoms with Gasteiger partial charge in [0.1, 0.15) is 0 Å². The van der Waals surface area contributed by atoms with Crippen LogP contribution < -0.4 is 11.3 Å². The Morgan fingerprint density at radius 1 is 1.31 bits per heavy atom. The van der Waals surface area contributed by atoms with Crippen molar-refractivity contribution in [3.05, 3.63) is 33.8 Å². The summed E-state index contributed by atoms with van der Waals surface area (Å²) in [6.45, 7) is 0.953. The molecule has 0 saturated carbocycles. The standard InChI is InChI=1S/C11H17Cl2N3/c1-16(2)6-5-11(15-14)8-3-4-9(12)10(13)7-8/h3-4,7,11,15H,5-6,14H2,1-2H3. The van der Waals surface area contributed by atoms with Gasteiger partial charge in [0, 0.05) is 6.04 Å². The minimum Gasteiger partial charge on any atom is -0.309 e. The zero-order valence-electron chi connectivity index (χ0n) is 9.50. The summed E-state index contributed by atoms with van der Waals surface area (Å²) in [4.78, 5) is 2.11. The first-order valence-electron chi connectivity index (χ1n) is 5.10. The molecule has 0 aliphatic carbocycles. The van der Waals surface area contributed by atoms with Crippen LogP contribution in [0, 0.1) is 0 Å². The van der Waals surface area contributed by atoms with Crippen LogP contribution in [0.15, 0.2) is 18.2 Å². The van der Waals surface area contributed by atoms with E-state index in [0.717, 1.165) is 18.5 Å². The summed E-state index contributed by atoms with van der Waals surface area (Å²) in [6.07, 6.45) is 0.918. The molecule has 0 saturated heterocycles. The Balaban J connectivity index is 2.74. The van der Waals surface area contributed by atoms with Crippen LogP contribution in [0.5, 0.6) is 0 Å². The highest BCUT2D eigenvalue weighted by Crippen LogP contribution is 2.26. The number of hydrazine groups is 1. The molecular weight excluding hydrogens is 245 g/mol. The molecule has 0 heterocycles. The van der Waals surface area contributed by atoms with Gasteiger partial charge in [-0.3, -0.25) is 11.3 Å². The number of nitrogens with two attached hydrogens (primary N) is 1. The lowest BCUT2D eigenvalue weighted by atomic mass is 10.0. The van der Waals surface area contributed by atoms with Gasteiger partial charge in [0.25, 0.3) is 0 Å². The smallest absolute Gasteiger partial charge is 0.0595 e. The van der Waals surface area contributed by atoms with E-state index in [1.165, 1.54) is 0 Å². The Bertz CT molecular complexity index is 342. The largest absolute Gasteiger partial charge is 0.309 e. The van der Waals surface area contributed by atoms with Crippen molar-refractivity contribution in [2.24, 2.45) is 5.84 Å². The quantitative estimate of drug-likeness (QED) is 0.632. The third-order valence-corrected chi connectivity index (χ3v) is 3.15. The van der Waals surface area contributed by atoms with E-state index >= 15 is 0 Å². The molecule has 1 aromatic rings. The van der Waals surface area contributed by atoms with Gasteiger partial charge in [-0.15, -0.1) is 0 Å². The van der Waals surface area contributed by atoms with Crippen LogP contribution in [-0.2, 0) is 0 Å². The van der Waals surface area contributed by atoms with Crippen LogP contribution >= 0.6 is 23.2 Å². The fraction of sp³-hybridized carbons (Fsp3) is 0.455. The van der Waals surface area contributed by atoms with E-state index in [-0.39, 0.29) is 6.04 Å². The molecule has 0 fully saturated rings. The van der Waals surface area contributed by atoms with Crippen LogP contribution in [0.3, 0.4) is 0 Å². The van der Waals surface area contributed by atoms with Gasteiger partial charge in [0.15, 0.2) is 0 Å². The van der Waals surface area contributed by atoms with Crippen molar-refractivity contribution in [1.82, 2.24) is 10.3 Å². The molecule has 1 atom stereocenters. The molecule has 5 heteroatoms. The number of rotatable bonds is 5. The SMILES string of the molecule is CN(C)CCC(NN)c1ccc(Cl)c(Cl)c1. The molecule has 0 aromatic heterocycles. The predicted octanol–water partition coefficient (Wildman–Crippen LogP) is 2.45. The van der Waals surface area contributed by atoms with Gasteiger partial charge in [0.05, 0.1) is 10.0 Å². The van der Waals surface area contributed by atoms with Crippen molar-refractivity contribution >= 4 is 23.2 Å². The van der Waals surface area contributed by atoms with E-state index in [1.807, 2.05) is 26.2 Å².